The van der Waals surface area contributed by atoms with E-state index in [0.29, 0.717) is 28.8 Å². The number of aryl methyl sites for hydroxylation is 2. The Morgan fingerprint density at radius 3 is 2.73 bits per heavy atom. The third-order valence-electron chi connectivity index (χ3n) is 6.13. The summed E-state index contributed by atoms with van der Waals surface area (Å²) in [5.74, 6) is 0.461. The van der Waals surface area contributed by atoms with Gasteiger partial charge in [0.2, 0.25) is 0 Å². The van der Waals surface area contributed by atoms with E-state index in [-0.39, 0.29) is 12.1 Å². The van der Waals surface area contributed by atoms with Gasteiger partial charge in [0.25, 0.3) is 0 Å². The second-order valence-electron chi connectivity index (χ2n) is 8.32. The van der Waals surface area contributed by atoms with Crippen LogP contribution in [0.2, 0.25) is 0 Å². The molecule has 0 unspecified atom stereocenters. The predicted molar refractivity (Wildman–Crippen MR) is 123 cm³/mol. The quantitative estimate of drug-likeness (QED) is 0.506. The van der Waals surface area contributed by atoms with Crippen LogP contribution in [0.4, 0.5) is 34.6 Å². The highest BCUT2D eigenvalue weighted by molar-refractivity contribution is 7.15. The number of alkyl halides is 3. The van der Waals surface area contributed by atoms with Gasteiger partial charge < -0.3 is 4.90 Å². The van der Waals surface area contributed by atoms with Crippen molar-refractivity contribution in [1.82, 2.24) is 9.97 Å². The van der Waals surface area contributed by atoms with Gasteiger partial charge in [0.05, 0.1) is 28.7 Å². The van der Waals surface area contributed by atoms with Crippen LogP contribution < -0.4 is 15.1 Å². The summed E-state index contributed by atoms with van der Waals surface area (Å²) in [5.41, 5.74) is 1.68. The number of urea groups is 1. The summed E-state index contributed by atoms with van der Waals surface area (Å²) in [6, 6.07) is 8.25. The van der Waals surface area contributed by atoms with Crippen LogP contribution in [0.1, 0.15) is 29.0 Å². The largest absolute Gasteiger partial charge is 0.416 e. The monoisotopic (exact) mass is 473 g/mol. The maximum absolute atomic E-state index is 13.4. The zero-order valence-electron chi connectivity index (χ0n) is 18.1. The number of thiazole rings is 1. The van der Waals surface area contributed by atoms with Crippen molar-refractivity contribution < 1.29 is 18.0 Å². The number of nitrogens with one attached hydrogen (secondary N) is 1. The Labute approximate surface area is 193 Å². The van der Waals surface area contributed by atoms with Gasteiger partial charge in [-0.05, 0) is 51.0 Å². The standard InChI is InChI=1S/C23H22F3N5OS/c1-13-14(2)33-21(27-13)29-22(32)31-17-7-4-10-30(12-17)19-9-8-18(28-20(19)31)15-5-3-6-16(11-15)23(24,25)26/h3,5-6,8-9,11,17H,4,7,10,12H2,1-2H3,(H,27,29,32)/t17-/m0/s1. The van der Waals surface area contributed by atoms with Gasteiger partial charge in [0.15, 0.2) is 10.9 Å². The maximum Gasteiger partial charge on any atom is 0.416 e. The fourth-order valence-electron chi connectivity index (χ4n) is 4.38. The van der Waals surface area contributed by atoms with Gasteiger partial charge in [-0.25, -0.2) is 14.8 Å². The molecule has 1 fully saturated rings. The topological polar surface area (TPSA) is 61.4 Å². The first kappa shape index (κ1) is 21.7. The minimum absolute atomic E-state index is 0.0716. The minimum atomic E-state index is -4.44. The molecule has 1 N–H and O–H groups in total. The molecule has 1 atom stereocenters. The van der Waals surface area contributed by atoms with Crippen molar-refractivity contribution in [2.75, 3.05) is 28.2 Å². The molecule has 1 saturated heterocycles. The van der Waals surface area contributed by atoms with Crippen molar-refractivity contribution in [1.29, 1.82) is 0 Å². The van der Waals surface area contributed by atoms with Crippen molar-refractivity contribution in [3.05, 3.63) is 52.5 Å². The van der Waals surface area contributed by atoms with Crippen molar-refractivity contribution in [3.63, 3.8) is 0 Å². The smallest absolute Gasteiger partial charge is 0.366 e. The molecule has 2 aromatic heterocycles. The third-order valence-corrected chi connectivity index (χ3v) is 7.12. The predicted octanol–water partition coefficient (Wildman–Crippen LogP) is 5.86. The number of rotatable bonds is 2. The summed E-state index contributed by atoms with van der Waals surface area (Å²) in [5, 5.41) is 3.41. The Hall–Kier alpha value is -3.14. The molecule has 0 aliphatic carbocycles. The SMILES string of the molecule is Cc1nc(NC(=O)N2c3nc(-c4cccc(C(F)(F)F)c4)ccc3N3CCC[C@H]2C3)sc1C. The van der Waals surface area contributed by atoms with E-state index in [0.717, 1.165) is 47.8 Å². The summed E-state index contributed by atoms with van der Waals surface area (Å²) < 4.78 is 39.7. The van der Waals surface area contributed by atoms with E-state index in [9.17, 15) is 18.0 Å². The molecule has 0 saturated carbocycles. The zero-order valence-corrected chi connectivity index (χ0v) is 18.9. The van der Waals surface area contributed by atoms with Gasteiger partial charge in [-0.15, -0.1) is 11.3 Å². The lowest BCUT2D eigenvalue weighted by Gasteiger charge is -2.45. The van der Waals surface area contributed by atoms with Crippen molar-refractivity contribution in [2.24, 2.45) is 0 Å². The molecule has 5 rings (SSSR count). The second-order valence-corrected chi connectivity index (χ2v) is 9.52. The number of nitrogens with zero attached hydrogens (tertiary/aromatic N) is 4. The van der Waals surface area contributed by atoms with Gasteiger partial charge in [0, 0.05) is 23.5 Å². The number of halogens is 3. The van der Waals surface area contributed by atoms with Crippen LogP contribution in [-0.2, 0) is 6.18 Å². The van der Waals surface area contributed by atoms with Crippen LogP contribution in [0.15, 0.2) is 36.4 Å². The van der Waals surface area contributed by atoms with Gasteiger partial charge in [-0.1, -0.05) is 12.1 Å². The van der Waals surface area contributed by atoms with Crippen LogP contribution in [0, 0.1) is 13.8 Å². The molecular formula is C23H22F3N5OS. The molecule has 6 nitrogen and oxygen atoms in total. The fraction of sp³-hybridized carbons (Fsp3) is 0.348. The van der Waals surface area contributed by atoms with Crippen LogP contribution >= 0.6 is 11.3 Å². The molecule has 2 aliphatic heterocycles. The lowest BCUT2D eigenvalue weighted by Crippen LogP contribution is -2.56. The first-order valence-corrected chi connectivity index (χ1v) is 11.5. The summed E-state index contributed by atoms with van der Waals surface area (Å²) in [6.45, 7) is 5.38. The van der Waals surface area contributed by atoms with E-state index in [1.54, 1.807) is 17.0 Å². The number of anilines is 3. The number of amides is 2. The highest BCUT2D eigenvalue weighted by Gasteiger charge is 2.39. The van der Waals surface area contributed by atoms with E-state index >= 15 is 0 Å². The van der Waals surface area contributed by atoms with Crippen molar-refractivity contribution >= 4 is 34.0 Å². The number of benzene rings is 1. The molecule has 33 heavy (non-hydrogen) atoms. The van der Waals surface area contributed by atoms with Gasteiger partial charge >= 0.3 is 12.2 Å². The number of carbonyl (C=O) groups is 1. The minimum Gasteiger partial charge on any atom is -0.366 e. The average molecular weight is 474 g/mol. The molecule has 0 radical (unpaired) electrons. The Balaban J connectivity index is 1.54. The Morgan fingerprint density at radius 1 is 1.18 bits per heavy atom. The van der Waals surface area contributed by atoms with Crippen molar-refractivity contribution in [2.45, 2.75) is 38.9 Å². The second kappa shape index (κ2) is 8.02. The Morgan fingerprint density at radius 2 is 2.00 bits per heavy atom. The van der Waals surface area contributed by atoms with Crippen LogP contribution in [-0.4, -0.2) is 35.1 Å². The normalized spacial score (nSPS) is 17.7. The molecule has 10 heteroatoms. The molecule has 2 amide bonds. The highest BCUT2D eigenvalue weighted by atomic mass is 32.1. The highest BCUT2D eigenvalue weighted by Crippen LogP contribution is 2.40. The van der Waals surface area contributed by atoms with Crippen LogP contribution in [0.25, 0.3) is 11.3 Å². The lowest BCUT2D eigenvalue weighted by molar-refractivity contribution is -0.137. The number of hydrogen-bond donors (Lipinski definition) is 1. The Bertz CT molecular complexity index is 1210. The van der Waals surface area contributed by atoms with E-state index in [1.165, 1.54) is 17.4 Å². The van der Waals surface area contributed by atoms with Crippen LogP contribution in [0.5, 0.6) is 0 Å². The number of aromatic nitrogens is 2. The summed E-state index contributed by atoms with van der Waals surface area (Å²) in [6.07, 6.45) is -2.67. The molecule has 2 aliphatic rings. The number of carbonyl (C=O) groups excluding carboxylic acids is 1. The van der Waals surface area contributed by atoms with E-state index in [1.807, 2.05) is 19.9 Å². The van der Waals surface area contributed by atoms with E-state index in [2.05, 4.69) is 15.2 Å². The van der Waals surface area contributed by atoms with Crippen LogP contribution in [0.3, 0.4) is 0 Å². The fourth-order valence-corrected chi connectivity index (χ4v) is 5.18. The summed E-state index contributed by atoms with van der Waals surface area (Å²) in [7, 11) is 0. The maximum atomic E-state index is 13.4. The van der Waals surface area contributed by atoms with Crippen molar-refractivity contribution in [3.8, 4) is 11.3 Å². The number of piperidine rings is 1. The first-order valence-electron chi connectivity index (χ1n) is 10.7. The molecule has 4 heterocycles. The number of pyridine rings is 1. The van der Waals surface area contributed by atoms with Gasteiger partial charge in [-0.2, -0.15) is 13.2 Å². The van der Waals surface area contributed by atoms with E-state index in [4.69, 9.17) is 4.98 Å². The molecule has 172 valence electrons. The summed E-state index contributed by atoms with van der Waals surface area (Å²) >= 11 is 1.41. The first-order chi connectivity index (χ1) is 15.7. The molecular weight excluding hydrogens is 451 g/mol. The third kappa shape index (κ3) is 4.03. The lowest BCUT2D eigenvalue weighted by atomic mass is 9.99. The van der Waals surface area contributed by atoms with Gasteiger partial charge in [0.1, 0.15) is 0 Å². The average Bonchev–Trinajstić information content (AvgIpc) is 3.09. The Kier molecular flexibility index (Phi) is 5.27. The van der Waals surface area contributed by atoms with E-state index < -0.39 is 11.7 Å². The molecule has 3 aromatic rings. The summed E-state index contributed by atoms with van der Waals surface area (Å²) in [4.78, 5) is 27.3. The number of fused-ring (bicyclic) bond motifs is 4. The molecule has 1 aromatic carbocycles. The molecule has 2 bridgehead atoms. The number of hydrogen-bond acceptors (Lipinski definition) is 5. The zero-order chi connectivity index (χ0) is 23.3. The molecule has 0 spiro atoms. The van der Waals surface area contributed by atoms with Gasteiger partial charge in [-0.3, -0.25) is 10.2 Å².